The number of primary amides is 1. The van der Waals surface area contributed by atoms with E-state index in [2.05, 4.69) is 16.0 Å². The Hall–Kier alpha value is -3.22. The summed E-state index contributed by atoms with van der Waals surface area (Å²) in [7, 11) is 0. The van der Waals surface area contributed by atoms with Crippen LogP contribution in [0.3, 0.4) is 0 Å². The van der Waals surface area contributed by atoms with Gasteiger partial charge in [0.25, 0.3) is 0 Å². The van der Waals surface area contributed by atoms with E-state index in [-0.39, 0.29) is 12.3 Å². The Balaban J connectivity index is 5.47. The minimum atomic E-state index is -1.46. The number of nitrogens with two attached hydrogens (primary N) is 2. The molecule has 13 heteroatoms. The summed E-state index contributed by atoms with van der Waals surface area (Å²) in [5.41, 5.74) is 11.0. The van der Waals surface area contributed by atoms with E-state index in [4.69, 9.17) is 21.7 Å². The van der Waals surface area contributed by atoms with Crippen LogP contribution < -0.4 is 27.4 Å². The predicted octanol–water partition coefficient (Wildman–Crippen LogP) is -2.34. The number of carboxylic acid groups (broad SMARTS) is 2. The SMILES string of the molecule is CCC(C)C(N)C(=O)NC(CC(N)=O)C(=O)NC(CCC(=O)O)C(=O)NC(C)C(=O)O. The Morgan fingerprint density at radius 2 is 1.39 bits per heavy atom. The van der Waals surface area contributed by atoms with E-state index in [1.165, 1.54) is 6.92 Å². The fraction of sp³-hybridized carbons (Fsp3) is 0.667. The van der Waals surface area contributed by atoms with E-state index >= 15 is 0 Å². The fourth-order valence-corrected chi connectivity index (χ4v) is 2.38. The van der Waals surface area contributed by atoms with Gasteiger partial charge in [0.15, 0.2) is 0 Å². The summed E-state index contributed by atoms with van der Waals surface area (Å²) in [6, 6.07) is -5.15. The standard InChI is InChI=1S/C18H31N5O8/c1-4-8(2)14(20)17(29)23-11(7-12(19)24)16(28)22-10(5-6-13(25)26)15(27)21-9(3)18(30)31/h8-11,14H,4-7,20H2,1-3H3,(H2,19,24)(H,21,27)(H,22,28)(H,23,29)(H,25,26)(H,30,31). The van der Waals surface area contributed by atoms with Gasteiger partial charge in [-0.15, -0.1) is 0 Å². The van der Waals surface area contributed by atoms with Crippen LogP contribution in [0.2, 0.25) is 0 Å². The Bertz CT molecular complexity index is 698. The molecule has 0 aromatic carbocycles. The lowest BCUT2D eigenvalue weighted by Crippen LogP contribution is -2.58. The first kappa shape index (κ1) is 27.8. The number of carbonyl (C=O) groups excluding carboxylic acids is 4. The van der Waals surface area contributed by atoms with Crippen molar-refractivity contribution in [3.05, 3.63) is 0 Å². The van der Waals surface area contributed by atoms with Crippen LogP contribution in [0.15, 0.2) is 0 Å². The summed E-state index contributed by atoms with van der Waals surface area (Å²) in [5.74, 6) is -6.34. The van der Waals surface area contributed by atoms with Crippen LogP contribution >= 0.6 is 0 Å². The van der Waals surface area contributed by atoms with Gasteiger partial charge in [0.05, 0.1) is 12.5 Å². The van der Waals surface area contributed by atoms with Gasteiger partial charge in [-0.1, -0.05) is 20.3 Å². The van der Waals surface area contributed by atoms with Crippen LogP contribution in [0.1, 0.15) is 46.5 Å². The first-order valence-corrected chi connectivity index (χ1v) is 9.69. The minimum Gasteiger partial charge on any atom is -0.481 e. The molecule has 0 aromatic heterocycles. The highest BCUT2D eigenvalue weighted by Crippen LogP contribution is 2.07. The molecule has 0 saturated heterocycles. The number of aliphatic carboxylic acids is 2. The largest absolute Gasteiger partial charge is 0.481 e. The molecule has 0 aliphatic heterocycles. The molecule has 0 spiro atoms. The van der Waals surface area contributed by atoms with Gasteiger partial charge < -0.3 is 37.6 Å². The summed E-state index contributed by atoms with van der Waals surface area (Å²) >= 11 is 0. The Morgan fingerprint density at radius 3 is 1.84 bits per heavy atom. The highest BCUT2D eigenvalue weighted by Gasteiger charge is 2.31. The maximum atomic E-state index is 12.6. The lowest BCUT2D eigenvalue weighted by atomic mass is 9.99. The minimum absolute atomic E-state index is 0.219. The third kappa shape index (κ3) is 10.4. The zero-order valence-corrected chi connectivity index (χ0v) is 17.7. The van der Waals surface area contributed by atoms with Crippen LogP contribution in [0.5, 0.6) is 0 Å². The summed E-state index contributed by atoms with van der Waals surface area (Å²) in [5, 5.41) is 24.4. The van der Waals surface area contributed by atoms with E-state index in [1.807, 2.05) is 6.92 Å². The molecule has 0 aliphatic carbocycles. The van der Waals surface area contributed by atoms with Gasteiger partial charge in [0.1, 0.15) is 18.1 Å². The number of carboxylic acids is 2. The van der Waals surface area contributed by atoms with Gasteiger partial charge >= 0.3 is 11.9 Å². The van der Waals surface area contributed by atoms with Gasteiger partial charge in [-0.25, -0.2) is 0 Å². The second-order valence-corrected chi connectivity index (χ2v) is 7.21. The fourth-order valence-electron chi connectivity index (χ4n) is 2.38. The van der Waals surface area contributed by atoms with Crippen molar-refractivity contribution in [2.75, 3.05) is 0 Å². The topological polar surface area (TPSA) is 231 Å². The number of amides is 4. The van der Waals surface area contributed by atoms with Crippen LogP contribution in [0.25, 0.3) is 0 Å². The molecule has 0 saturated carbocycles. The van der Waals surface area contributed by atoms with Crippen LogP contribution in [0.4, 0.5) is 0 Å². The molecule has 0 rings (SSSR count). The molecule has 5 atom stereocenters. The van der Waals surface area contributed by atoms with Crippen molar-refractivity contribution < 1.29 is 39.0 Å². The van der Waals surface area contributed by atoms with Crippen molar-refractivity contribution in [1.29, 1.82) is 0 Å². The normalized spacial score (nSPS) is 15.5. The van der Waals surface area contributed by atoms with Gasteiger partial charge in [-0.05, 0) is 19.3 Å². The monoisotopic (exact) mass is 445 g/mol. The predicted molar refractivity (Wildman–Crippen MR) is 107 cm³/mol. The second kappa shape index (κ2) is 13.2. The Kier molecular flexibility index (Phi) is 11.8. The molecule has 0 bridgehead atoms. The second-order valence-electron chi connectivity index (χ2n) is 7.21. The van der Waals surface area contributed by atoms with E-state index in [0.29, 0.717) is 6.42 Å². The van der Waals surface area contributed by atoms with Crippen molar-refractivity contribution in [1.82, 2.24) is 16.0 Å². The van der Waals surface area contributed by atoms with Gasteiger partial charge in [0, 0.05) is 6.42 Å². The van der Waals surface area contributed by atoms with Crippen molar-refractivity contribution in [2.45, 2.75) is 70.6 Å². The molecule has 4 amide bonds. The van der Waals surface area contributed by atoms with Crippen molar-refractivity contribution in [2.24, 2.45) is 17.4 Å². The number of rotatable bonds is 14. The molecule has 0 aliphatic rings. The molecule has 176 valence electrons. The number of nitrogens with one attached hydrogen (secondary N) is 3. The van der Waals surface area contributed by atoms with Crippen LogP contribution in [-0.4, -0.2) is 69.9 Å². The average Bonchev–Trinajstić information content (AvgIpc) is 2.68. The first-order valence-electron chi connectivity index (χ1n) is 9.69. The third-order valence-corrected chi connectivity index (χ3v) is 4.61. The van der Waals surface area contributed by atoms with E-state index in [0.717, 1.165) is 0 Å². The lowest BCUT2D eigenvalue weighted by molar-refractivity contribution is -0.142. The molecule has 0 aromatic rings. The van der Waals surface area contributed by atoms with Crippen LogP contribution in [0, 0.1) is 5.92 Å². The molecule has 0 fully saturated rings. The first-order chi connectivity index (χ1) is 14.3. The Morgan fingerprint density at radius 1 is 0.871 bits per heavy atom. The molecule has 0 radical (unpaired) electrons. The zero-order chi connectivity index (χ0) is 24.3. The average molecular weight is 445 g/mol. The van der Waals surface area contributed by atoms with Gasteiger partial charge in [0.2, 0.25) is 23.6 Å². The maximum Gasteiger partial charge on any atom is 0.325 e. The smallest absolute Gasteiger partial charge is 0.325 e. The molecule has 9 N–H and O–H groups in total. The maximum absolute atomic E-state index is 12.6. The number of hydrogen-bond donors (Lipinski definition) is 7. The molecular weight excluding hydrogens is 414 g/mol. The quantitative estimate of drug-likeness (QED) is 0.151. The highest BCUT2D eigenvalue weighted by atomic mass is 16.4. The van der Waals surface area contributed by atoms with Gasteiger partial charge in [-0.2, -0.15) is 0 Å². The van der Waals surface area contributed by atoms with Crippen molar-refractivity contribution in [3.63, 3.8) is 0 Å². The zero-order valence-electron chi connectivity index (χ0n) is 17.7. The molecule has 0 heterocycles. The summed E-state index contributed by atoms with van der Waals surface area (Å²) in [6.45, 7) is 4.72. The summed E-state index contributed by atoms with van der Waals surface area (Å²) in [4.78, 5) is 70.4. The van der Waals surface area contributed by atoms with E-state index in [9.17, 15) is 28.8 Å². The third-order valence-electron chi connectivity index (χ3n) is 4.61. The molecule has 5 unspecified atom stereocenters. The molecule has 31 heavy (non-hydrogen) atoms. The highest BCUT2D eigenvalue weighted by molar-refractivity contribution is 5.96. The number of carbonyl (C=O) groups is 6. The van der Waals surface area contributed by atoms with Crippen molar-refractivity contribution in [3.8, 4) is 0 Å². The molecular formula is C18H31N5O8. The van der Waals surface area contributed by atoms with Gasteiger partial charge in [-0.3, -0.25) is 28.8 Å². The molecule has 13 nitrogen and oxygen atoms in total. The van der Waals surface area contributed by atoms with Crippen LogP contribution in [-0.2, 0) is 28.8 Å². The van der Waals surface area contributed by atoms with E-state index in [1.54, 1.807) is 6.92 Å². The van der Waals surface area contributed by atoms with E-state index < -0.39 is 72.6 Å². The summed E-state index contributed by atoms with van der Waals surface area (Å²) < 4.78 is 0. The lowest BCUT2D eigenvalue weighted by Gasteiger charge is -2.25. The number of hydrogen-bond acceptors (Lipinski definition) is 7. The Labute approximate surface area is 179 Å². The van der Waals surface area contributed by atoms with Crippen molar-refractivity contribution >= 4 is 35.6 Å². The summed E-state index contributed by atoms with van der Waals surface area (Å²) in [6.07, 6.45) is -0.877.